The van der Waals surface area contributed by atoms with Crippen LogP contribution in [-0.4, -0.2) is 32.4 Å². The Morgan fingerprint density at radius 3 is 2.19 bits per heavy atom. The lowest BCUT2D eigenvalue weighted by atomic mass is 9.93. The van der Waals surface area contributed by atoms with Gasteiger partial charge in [0.05, 0.1) is 13.2 Å². The zero-order valence-electron chi connectivity index (χ0n) is 14.4. The van der Waals surface area contributed by atoms with Crippen LogP contribution in [0.3, 0.4) is 0 Å². The summed E-state index contributed by atoms with van der Waals surface area (Å²) in [6.07, 6.45) is 2.40. The highest BCUT2D eigenvalue weighted by Gasteiger charge is 2.17. The second-order valence-corrected chi connectivity index (χ2v) is 6.83. The van der Waals surface area contributed by atoms with Gasteiger partial charge in [0, 0.05) is 12.6 Å². The lowest BCUT2D eigenvalue weighted by Gasteiger charge is -2.27. The summed E-state index contributed by atoms with van der Waals surface area (Å²) in [7, 11) is 3.48. The van der Waals surface area contributed by atoms with Gasteiger partial charge in [-0.1, -0.05) is 12.1 Å². The molecule has 1 N–H and O–H groups in total. The minimum absolute atomic E-state index is 0.147. The molecule has 3 nitrogen and oxygen atoms in total. The molecule has 0 aromatic heterocycles. The molecule has 0 aliphatic rings. The third-order valence-corrected chi connectivity index (χ3v) is 3.67. The molecule has 1 aromatic carbocycles. The largest absolute Gasteiger partial charge is 0.497 e. The summed E-state index contributed by atoms with van der Waals surface area (Å²) >= 11 is 0. The molecular weight excluding hydrogens is 262 g/mol. The zero-order chi connectivity index (χ0) is 15.9. The van der Waals surface area contributed by atoms with Crippen LogP contribution in [0.25, 0.3) is 0 Å². The van der Waals surface area contributed by atoms with Crippen LogP contribution in [0.5, 0.6) is 5.75 Å². The molecule has 0 saturated heterocycles. The van der Waals surface area contributed by atoms with Crippen molar-refractivity contribution < 1.29 is 9.47 Å². The van der Waals surface area contributed by atoms with Gasteiger partial charge >= 0.3 is 0 Å². The van der Waals surface area contributed by atoms with Crippen molar-refractivity contribution in [1.82, 2.24) is 5.32 Å². The van der Waals surface area contributed by atoms with E-state index in [0.29, 0.717) is 5.92 Å². The Balaban J connectivity index is 2.65. The molecule has 3 heteroatoms. The molecule has 0 heterocycles. The van der Waals surface area contributed by atoms with Crippen LogP contribution in [0.4, 0.5) is 0 Å². The number of rotatable bonds is 8. The summed E-state index contributed by atoms with van der Waals surface area (Å²) in [4.78, 5) is 0. The maximum Gasteiger partial charge on any atom is 0.118 e. The average Bonchev–Trinajstić information content (AvgIpc) is 2.44. The fourth-order valence-electron chi connectivity index (χ4n) is 2.35. The Morgan fingerprint density at radius 2 is 1.71 bits per heavy atom. The maximum absolute atomic E-state index is 5.44. The van der Waals surface area contributed by atoms with E-state index in [2.05, 4.69) is 45.1 Å². The number of hydrogen-bond acceptors (Lipinski definition) is 3. The molecule has 0 spiro atoms. The second-order valence-electron chi connectivity index (χ2n) is 6.83. The molecule has 0 aliphatic heterocycles. The highest BCUT2D eigenvalue weighted by atomic mass is 16.5. The summed E-state index contributed by atoms with van der Waals surface area (Å²) in [5, 5.41) is 3.61. The molecule has 0 radical (unpaired) electrons. The Morgan fingerprint density at radius 1 is 1.10 bits per heavy atom. The topological polar surface area (TPSA) is 30.5 Å². The number of hydrogen-bond donors (Lipinski definition) is 1. The van der Waals surface area contributed by atoms with E-state index in [9.17, 15) is 0 Å². The number of ether oxygens (including phenoxy) is 2. The maximum atomic E-state index is 5.44. The summed E-state index contributed by atoms with van der Waals surface area (Å²) in [5.41, 5.74) is 1.49. The van der Waals surface area contributed by atoms with Crippen molar-refractivity contribution in [2.24, 2.45) is 5.92 Å². The van der Waals surface area contributed by atoms with Gasteiger partial charge in [0.1, 0.15) is 5.75 Å². The predicted molar refractivity (Wildman–Crippen MR) is 89.0 cm³/mol. The van der Waals surface area contributed by atoms with E-state index in [4.69, 9.17) is 9.47 Å². The van der Waals surface area contributed by atoms with Crippen LogP contribution in [0, 0.1) is 5.92 Å². The quantitative estimate of drug-likeness (QED) is 0.793. The first-order valence-electron chi connectivity index (χ1n) is 7.75. The van der Waals surface area contributed by atoms with Gasteiger partial charge in [-0.05, 0) is 70.7 Å². The summed E-state index contributed by atoms with van der Waals surface area (Å²) in [6.45, 7) is 9.76. The molecule has 1 rings (SSSR count). The molecule has 0 aliphatic carbocycles. The van der Waals surface area contributed by atoms with Crippen LogP contribution in [0.15, 0.2) is 24.3 Å². The smallest absolute Gasteiger partial charge is 0.118 e. The lowest BCUT2D eigenvalue weighted by molar-refractivity contribution is 0.0934. The van der Waals surface area contributed by atoms with Gasteiger partial charge in [-0.15, -0.1) is 0 Å². The minimum atomic E-state index is 0.147. The number of nitrogens with one attached hydrogen (secondary N) is 1. The van der Waals surface area contributed by atoms with Crippen molar-refractivity contribution >= 4 is 0 Å². The molecule has 2 atom stereocenters. The molecule has 0 amide bonds. The monoisotopic (exact) mass is 293 g/mol. The van der Waals surface area contributed by atoms with Gasteiger partial charge < -0.3 is 14.8 Å². The van der Waals surface area contributed by atoms with Crippen molar-refractivity contribution in [1.29, 1.82) is 0 Å². The third-order valence-electron chi connectivity index (χ3n) is 3.67. The van der Waals surface area contributed by atoms with E-state index < -0.39 is 0 Å². The average molecular weight is 293 g/mol. The van der Waals surface area contributed by atoms with Gasteiger partial charge in [-0.2, -0.15) is 0 Å². The summed E-state index contributed by atoms with van der Waals surface area (Å²) in [6, 6.07) is 8.37. The number of benzene rings is 1. The standard InChI is InChI=1S/C18H31NO2/c1-14(20-5)11-16(13-19-18(2,3)4)12-15-7-9-17(21-6)10-8-15/h7-10,14,16,19H,11-13H2,1-6H3. The fourth-order valence-corrected chi connectivity index (χ4v) is 2.35. The first-order valence-corrected chi connectivity index (χ1v) is 7.75. The first-order chi connectivity index (χ1) is 9.84. The molecule has 0 fully saturated rings. The van der Waals surface area contributed by atoms with E-state index in [1.54, 1.807) is 14.2 Å². The van der Waals surface area contributed by atoms with E-state index in [1.807, 2.05) is 12.1 Å². The zero-order valence-corrected chi connectivity index (χ0v) is 14.4. The van der Waals surface area contributed by atoms with Gasteiger partial charge in [-0.3, -0.25) is 0 Å². The van der Waals surface area contributed by atoms with Crippen LogP contribution in [-0.2, 0) is 11.2 Å². The molecule has 120 valence electrons. The van der Waals surface area contributed by atoms with Gasteiger partial charge in [0.25, 0.3) is 0 Å². The number of methoxy groups -OCH3 is 2. The predicted octanol–water partition coefficient (Wildman–Crippen LogP) is 3.67. The lowest BCUT2D eigenvalue weighted by Crippen LogP contribution is -2.40. The van der Waals surface area contributed by atoms with Crippen LogP contribution >= 0.6 is 0 Å². The Labute approximate surface area is 130 Å². The van der Waals surface area contributed by atoms with Crippen molar-refractivity contribution in [3.8, 4) is 5.75 Å². The Hall–Kier alpha value is -1.06. The van der Waals surface area contributed by atoms with Gasteiger partial charge in [-0.25, -0.2) is 0 Å². The molecular formula is C18H31NO2. The van der Waals surface area contributed by atoms with Gasteiger partial charge in [0.15, 0.2) is 0 Å². The Bertz CT molecular complexity index is 395. The van der Waals surface area contributed by atoms with Crippen molar-refractivity contribution in [2.75, 3.05) is 20.8 Å². The van der Waals surface area contributed by atoms with E-state index in [1.165, 1.54) is 5.56 Å². The van der Waals surface area contributed by atoms with Crippen LogP contribution in [0.2, 0.25) is 0 Å². The molecule has 0 saturated carbocycles. The normalized spacial score (nSPS) is 14.8. The fraction of sp³-hybridized carbons (Fsp3) is 0.667. The highest BCUT2D eigenvalue weighted by molar-refractivity contribution is 5.27. The summed E-state index contributed by atoms with van der Waals surface area (Å²) in [5.74, 6) is 1.47. The minimum Gasteiger partial charge on any atom is -0.497 e. The van der Waals surface area contributed by atoms with Crippen molar-refractivity contribution in [3.05, 3.63) is 29.8 Å². The molecule has 2 unspecified atom stereocenters. The van der Waals surface area contributed by atoms with E-state index >= 15 is 0 Å². The summed E-state index contributed by atoms with van der Waals surface area (Å²) < 4.78 is 10.7. The second kappa shape index (κ2) is 8.40. The van der Waals surface area contributed by atoms with Crippen LogP contribution < -0.4 is 10.1 Å². The van der Waals surface area contributed by atoms with Crippen LogP contribution in [0.1, 0.15) is 39.7 Å². The molecule has 21 heavy (non-hydrogen) atoms. The van der Waals surface area contributed by atoms with E-state index in [-0.39, 0.29) is 11.6 Å². The van der Waals surface area contributed by atoms with Crippen molar-refractivity contribution in [3.63, 3.8) is 0 Å². The molecule has 1 aromatic rings. The molecule has 0 bridgehead atoms. The van der Waals surface area contributed by atoms with E-state index in [0.717, 1.165) is 25.1 Å². The van der Waals surface area contributed by atoms with Crippen molar-refractivity contribution in [2.45, 2.75) is 52.2 Å². The first kappa shape index (κ1) is 18.0. The highest BCUT2D eigenvalue weighted by Crippen LogP contribution is 2.19. The Kier molecular flexibility index (Phi) is 7.20. The van der Waals surface area contributed by atoms with Gasteiger partial charge in [0.2, 0.25) is 0 Å². The SMILES string of the molecule is COc1ccc(CC(CNC(C)(C)C)CC(C)OC)cc1. The third kappa shape index (κ3) is 7.49.